The summed E-state index contributed by atoms with van der Waals surface area (Å²) in [7, 11) is 0. The lowest BCUT2D eigenvalue weighted by molar-refractivity contribution is 0.0727. The predicted molar refractivity (Wildman–Crippen MR) is 76.3 cm³/mol. The van der Waals surface area contributed by atoms with Crippen LogP contribution in [0.15, 0.2) is 16.1 Å². The van der Waals surface area contributed by atoms with Gasteiger partial charge >= 0.3 is 0 Å². The molecule has 1 amide bonds. The molecule has 0 unspecified atom stereocenters. The van der Waals surface area contributed by atoms with E-state index in [4.69, 9.17) is 4.52 Å². The Morgan fingerprint density at radius 2 is 2.24 bits per heavy atom. The third-order valence-electron chi connectivity index (χ3n) is 4.28. The van der Waals surface area contributed by atoms with Crippen LogP contribution < -0.4 is 4.90 Å². The topological polar surface area (TPSA) is 75.4 Å². The fraction of sp³-hybridized carbons (Fsp3) is 0.538. The number of rotatable bonds is 2. The molecule has 2 aromatic heterocycles. The standard InChI is InChI=1S/C13H15N5O2S/c1-8-6-9(16-20-8)12(19)17-4-2-11-10(17)3-5-18(11)13-15-14-7-21-13/h6-7,10-11H,2-5H2,1H3/t10-,11+/m0/s1. The third-order valence-corrected chi connectivity index (χ3v) is 5.01. The van der Waals surface area contributed by atoms with Crippen molar-refractivity contribution >= 4 is 22.4 Å². The lowest BCUT2D eigenvalue weighted by Crippen LogP contribution is -2.39. The Labute approximate surface area is 125 Å². The predicted octanol–water partition coefficient (Wildman–Crippen LogP) is 1.33. The van der Waals surface area contributed by atoms with Gasteiger partial charge in [0.15, 0.2) is 5.69 Å². The summed E-state index contributed by atoms with van der Waals surface area (Å²) in [6.45, 7) is 3.48. The number of anilines is 1. The van der Waals surface area contributed by atoms with Crippen molar-refractivity contribution in [3.63, 3.8) is 0 Å². The maximum Gasteiger partial charge on any atom is 0.276 e. The van der Waals surface area contributed by atoms with Crippen LogP contribution in [0.25, 0.3) is 0 Å². The van der Waals surface area contributed by atoms with Gasteiger partial charge in [0.05, 0.1) is 12.1 Å². The molecule has 2 aliphatic heterocycles. The van der Waals surface area contributed by atoms with Crippen LogP contribution >= 0.6 is 11.3 Å². The summed E-state index contributed by atoms with van der Waals surface area (Å²) in [5, 5.41) is 12.9. The summed E-state index contributed by atoms with van der Waals surface area (Å²) in [5.41, 5.74) is 2.15. The normalized spacial score (nSPS) is 24.6. The molecule has 4 heterocycles. The van der Waals surface area contributed by atoms with Gasteiger partial charge in [0.25, 0.3) is 5.91 Å². The van der Waals surface area contributed by atoms with Crippen molar-refractivity contribution in [2.75, 3.05) is 18.0 Å². The van der Waals surface area contributed by atoms with Crippen molar-refractivity contribution in [1.82, 2.24) is 20.3 Å². The Bertz CT molecular complexity index is 655. The first-order valence-electron chi connectivity index (χ1n) is 7.01. The van der Waals surface area contributed by atoms with E-state index in [-0.39, 0.29) is 11.9 Å². The van der Waals surface area contributed by atoms with Crippen molar-refractivity contribution in [2.24, 2.45) is 0 Å². The summed E-state index contributed by atoms with van der Waals surface area (Å²) in [5.74, 6) is 0.634. The molecule has 21 heavy (non-hydrogen) atoms. The van der Waals surface area contributed by atoms with E-state index in [9.17, 15) is 4.79 Å². The van der Waals surface area contributed by atoms with E-state index in [1.165, 1.54) is 0 Å². The molecule has 0 N–H and O–H groups in total. The molecular weight excluding hydrogens is 290 g/mol. The highest BCUT2D eigenvalue weighted by atomic mass is 32.1. The van der Waals surface area contributed by atoms with Crippen molar-refractivity contribution in [1.29, 1.82) is 0 Å². The number of aromatic nitrogens is 3. The van der Waals surface area contributed by atoms with Gasteiger partial charge in [-0.2, -0.15) is 0 Å². The molecule has 2 saturated heterocycles. The van der Waals surface area contributed by atoms with Gasteiger partial charge in [-0.05, 0) is 19.8 Å². The molecule has 0 aromatic carbocycles. The van der Waals surface area contributed by atoms with Crippen LogP contribution in [0.1, 0.15) is 29.1 Å². The number of aryl methyl sites for hydroxylation is 1. The van der Waals surface area contributed by atoms with Gasteiger partial charge in [-0.1, -0.05) is 16.5 Å². The molecule has 2 atom stereocenters. The Balaban J connectivity index is 1.54. The Morgan fingerprint density at radius 1 is 1.38 bits per heavy atom. The lowest BCUT2D eigenvalue weighted by Gasteiger charge is -2.24. The zero-order chi connectivity index (χ0) is 14.4. The van der Waals surface area contributed by atoms with Crippen LogP contribution in [-0.2, 0) is 0 Å². The van der Waals surface area contributed by atoms with E-state index in [1.807, 2.05) is 4.90 Å². The number of hydrogen-bond donors (Lipinski definition) is 0. The average molecular weight is 305 g/mol. The second-order valence-electron chi connectivity index (χ2n) is 5.45. The molecule has 8 heteroatoms. The van der Waals surface area contributed by atoms with E-state index in [2.05, 4.69) is 20.3 Å². The van der Waals surface area contributed by atoms with E-state index < -0.39 is 0 Å². The van der Waals surface area contributed by atoms with Crippen LogP contribution in [0.2, 0.25) is 0 Å². The number of likely N-dealkylation sites (tertiary alicyclic amines) is 1. The van der Waals surface area contributed by atoms with Gasteiger partial charge in [-0.25, -0.2) is 0 Å². The van der Waals surface area contributed by atoms with Gasteiger partial charge < -0.3 is 14.3 Å². The monoisotopic (exact) mass is 305 g/mol. The highest BCUT2D eigenvalue weighted by molar-refractivity contribution is 7.13. The average Bonchev–Trinajstić information content (AvgIpc) is 3.22. The van der Waals surface area contributed by atoms with Crippen molar-refractivity contribution in [2.45, 2.75) is 31.8 Å². The third kappa shape index (κ3) is 2.01. The van der Waals surface area contributed by atoms with Crippen molar-refractivity contribution in [3.8, 4) is 0 Å². The number of hydrogen-bond acceptors (Lipinski definition) is 7. The minimum absolute atomic E-state index is 0.0292. The molecule has 2 fully saturated rings. The first kappa shape index (κ1) is 12.8. The first-order chi connectivity index (χ1) is 10.2. The highest BCUT2D eigenvalue weighted by Gasteiger charge is 2.45. The molecule has 7 nitrogen and oxygen atoms in total. The fourth-order valence-electron chi connectivity index (χ4n) is 3.38. The smallest absolute Gasteiger partial charge is 0.276 e. The summed E-state index contributed by atoms with van der Waals surface area (Å²) in [4.78, 5) is 16.8. The van der Waals surface area contributed by atoms with Gasteiger partial charge in [0.2, 0.25) is 5.13 Å². The summed E-state index contributed by atoms with van der Waals surface area (Å²) >= 11 is 1.55. The number of carbonyl (C=O) groups excluding carboxylic acids is 1. The van der Waals surface area contributed by atoms with Gasteiger partial charge in [0.1, 0.15) is 11.3 Å². The molecule has 0 saturated carbocycles. The van der Waals surface area contributed by atoms with Gasteiger partial charge in [-0.3, -0.25) is 4.79 Å². The second kappa shape index (κ2) is 4.80. The van der Waals surface area contributed by atoms with Crippen LogP contribution in [-0.4, -0.2) is 51.3 Å². The lowest BCUT2D eigenvalue weighted by atomic mass is 10.1. The van der Waals surface area contributed by atoms with E-state index in [0.29, 0.717) is 17.5 Å². The molecule has 0 aliphatic carbocycles. The van der Waals surface area contributed by atoms with Crippen LogP contribution in [0.4, 0.5) is 5.13 Å². The molecule has 0 radical (unpaired) electrons. The number of amides is 1. The van der Waals surface area contributed by atoms with Crippen LogP contribution in [0.3, 0.4) is 0 Å². The molecule has 2 aliphatic rings. The summed E-state index contributed by atoms with van der Waals surface area (Å²) < 4.78 is 5.01. The fourth-order valence-corrected chi connectivity index (χ4v) is 4.03. The maximum atomic E-state index is 12.6. The Kier molecular flexibility index (Phi) is 2.91. The first-order valence-corrected chi connectivity index (χ1v) is 7.89. The molecule has 0 bridgehead atoms. The van der Waals surface area contributed by atoms with E-state index in [1.54, 1.807) is 29.8 Å². The Hall–Kier alpha value is -1.96. The summed E-state index contributed by atoms with van der Waals surface area (Å²) in [6.07, 6.45) is 1.93. The molecule has 110 valence electrons. The van der Waals surface area contributed by atoms with Crippen LogP contribution in [0.5, 0.6) is 0 Å². The minimum Gasteiger partial charge on any atom is -0.361 e. The quantitative estimate of drug-likeness (QED) is 0.833. The van der Waals surface area contributed by atoms with Crippen LogP contribution in [0, 0.1) is 6.92 Å². The number of fused-ring (bicyclic) bond motifs is 1. The van der Waals surface area contributed by atoms with Crippen molar-refractivity contribution in [3.05, 3.63) is 23.0 Å². The van der Waals surface area contributed by atoms with Crippen molar-refractivity contribution < 1.29 is 9.32 Å². The zero-order valence-corrected chi connectivity index (χ0v) is 12.4. The SMILES string of the molecule is Cc1cc(C(=O)N2CC[C@@H]3[C@@H]2CCN3c2nncs2)no1. The molecule has 4 rings (SSSR count). The second-order valence-corrected chi connectivity index (χ2v) is 6.26. The van der Waals surface area contributed by atoms with Gasteiger partial charge in [0, 0.05) is 19.2 Å². The van der Waals surface area contributed by atoms with E-state index >= 15 is 0 Å². The number of carbonyl (C=O) groups is 1. The molecule has 2 aromatic rings. The Morgan fingerprint density at radius 3 is 2.95 bits per heavy atom. The van der Waals surface area contributed by atoms with Gasteiger partial charge in [-0.15, -0.1) is 10.2 Å². The number of nitrogens with zero attached hydrogens (tertiary/aromatic N) is 5. The van der Waals surface area contributed by atoms with E-state index in [0.717, 1.165) is 31.1 Å². The highest BCUT2D eigenvalue weighted by Crippen LogP contribution is 2.36. The minimum atomic E-state index is -0.0292. The zero-order valence-electron chi connectivity index (χ0n) is 11.6. The maximum absolute atomic E-state index is 12.6. The summed E-state index contributed by atoms with van der Waals surface area (Å²) in [6, 6.07) is 2.28. The largest absolute Gasteiger partial charge is 0.361 e. The molecule has 0 spiro atoms. The molecular formula is C13H15N5O2S.